The molecule has 25 heavy (non-hydrogen) atoms. The van der Waals surface area contributed by atoms with E-state index in [1.807, 2.05) is 30.3 Å². The molecule has 0 radical (unpaired) electrons. The van der Waals surface area contributed by atoms with Crippen LogP contribution in [0.4, 0.5) is 10.1 Å². The van der Waals surface area contributed by atoms with Gasteiger partial charge in [0.2, 0.25) is 0 Å². The van der Waals surface area contributed by atoms with Gasteiger partial charge in [-0.3, -0.25) is 4.57 Å². The molecule has 1 N–H and O–H groups in total. The Morgan fingerprint density at radius 3 is 2.44 bits per heavy atom. The highest BCUT2D eigenvalue weighted by Crippen LogP contribution is 2.65. The standard InChI is InChI=1S/C19H14BrFNO2P/c20-13-6-11-18-17(12-13)19(22-15-9-7-14(21)8-10-15)25(23,24-18)16-4-2-1-3-5-16/h1-12,19,22H. The summed E-state index contributed by atoms with van der Waals surface area (Å²) < 4.78 is 33.8. The zero-order valence-corrected chi connectivity index (χ0v) is 15.5. The summed E-state index contributed by atoms with van der Waals surface area (Å²) in [4.78, 5) is 0. The van der Waals surface area contributed by atoms with Gasteiger partial charge in [-0.15, -0.1) is 0 Å². The van der Waals surface area contributed by atoms with Gasteiger partial charge in [-0.25, -0.2) is 4.39 Å². The lowest BCUT2D eigenvalue weighted by Gasteiger charge is -2.22. The fraction of sp³-hybridized carbons (Fsp3) is 0.0526. The minimum atomic E-state index is -3.24. The molecule has 3 nitrogen and oxygen atoms in total. The van der Waals surface area contributed by atoms with E-state index in [-0.39, 0.29) is 5.82 Å². The number of nitrogens with one attached hydrogen (secondary N) is 1. The molecule has 4 rings (SSSR count). The molecular formula is C19H14BrFNO2P. The third-order valence-electron chi connectivity index (χ3n) is 4.10. The lowest BCUT2D eigenvalue weighted by molar-refractivity contribution is 0.501. The van der Waals surface area contributed by atoms with Gasteiger partial charge in [-0.05, 0) is 54.6 Å². The second-order valence-electron chi connectivity index (χ2n) is 5.76. The summed E-state index contributed by atoms with van der Waals surface area (Å²) in [7, 11) is -3.24. The van der Waals surface area contributed by atoms with E-state index < -0.39 is 13.2 Å². The summed E-state index contributed by atoms with van der Waals surface area (Å²) in [5.74, 6) is -0.273. The number of fused-ring (bicyclic) bond motifs is 1. The molecule has 0 aromatic heterocycles. The Bertz CT molecular complexity index is 963. The molecule has 0 amide bonds. The van der Waals surface area contributed by atoms with Crippen LogP contribution < -0.4 is 15.1 Å². The van der Waals surface area contributed by atoms with Crippen LogP contribution in [0.25, 0.3) is 0 Å². The number of halogens is 2. The van der Waals surface area contributed by atoms with Crippen molar-refractivity contribution in [1.29, 1.82) is 0 Å². The van der Waals surface area contributed by atoms with Crippen molar-refractivity contribution < 1.29 is 13.5 Å². The van der Waals surface area contributed by atoms with Crippen molar-refractivity contribution in [1.82, 2.24) is 0 Å². The monoisotopic (exact) mass is 417 g/mol. The van der Waals surface area contributed by atoms with Crippen LogP contribution in [0, 0.1) is 5.82 Å². The van der Waals surface area contributed by atoms with Crippen LogP contribution in [0.15, 0.2) is 77.3 Å². The normalized spacial score (nSPS) is 21.4. The van der Waals surface area contributed by atoms with E-state index in [1.54, 1.807) is 30.3 Å². The van der Waals surface area contributed by atoms with E-state index in [0.29, 0.717) is 16.7 Å². The maximum Gasteiger partial charge on any atom is 0.303 e. The molecule has 2 unspecified atom stereocenters. The van der Waals surface area contributed by atoms with Crippen LogP contribution in [0.1, 0.15) is 11.3 Å². The largest absolute Gasteiger partial charge is 0.438 e. The molecule has 0 aliphatic carbocycles. The van der Waals surface area contributed by atoms with Crippen LogP contribution in [0.3, 0.4) is 0 Å². The van der Waals surface area contributed by atoms with Crippen LogP contribution in [-0.4, -0.2) is 0 Å². The molecular weight excluding hydrogens is 404 g/mol. The van der Waals surface area contributed by atoms with Crippen molar-refractivity contribution in [2.24, 2.45) is 0 Å². The van der Waals surface area contributed by atoms with E-state index in [9.17, 15) is 8.96 Å². The summed E-state index contributed by atoms with van der Waals surface area (Å²) in [5, 5.41) is 3.91. The van der Waals surface area contributed by atoms with Gasteiger partial charge >= 0.3 is 7.37 Å². The maximum atomic E-state index is 13.8. The average molecular weight is 418 g/mol. The highest BCUT2D eigenvalue weighted by Gasteiger charge is 2.46. The fourth-order valence-corrected chi connectivity index (χ4v) is 5.72. The Kier molecular flexibility index (Phi) is 4.14. The smallest absolute Gasteiger partial charge is 0.303 e. The molecule has 0 bridgehead atoms. The third-order valence-corrected chi connectivity index (χ3v) is 7.17. The van der Waals surface area contributed by atoms with Gasteiger partial charge < -0.3 is 9.84 Å². The molecule has 0 saturated carbocycles. The molecule has 3 aromatic rings. The first-order valence-corrected chi connectivity index (χ1v) is 10.2. The van der Waals surface area contributed by atoms with Gasteiger partial charge in [0, 0.05) is 15.7 Å². The Balaban J connectivity index is 1.81. The van der Waals surface area contributed by atoms with Crippen molar-refractivity contribution in [3.63, 3.8) is 0 Å². The van der Waals surface area contributed by atoms with Crippen molar-refractivity contribution in [2.75, 3.05) is 5.32 Å². The molecule has 1 heterocycles. The number of anilines is 1. The lowest BCUT2D eigenvalue weighted by atomic mass is 10.2. The van der Waals surface area contributed by atoms with Gasteiger partial charge in [-0.2, -0.15) is 0 Å². The third kappa shape index (κ3) is 2.99. The predicted octanol–water partition coefficient (Wildman–Crippen LogP) is 5.69. The SMILES string of the molecule is O=P1(c2ccccc2)Oc2ccc(Br)cc2C1Nc1ccc(F)cc1. The van der Waals surface area contributed by atoms with Crippen molar-refractivity contribution in [3.8, 4) is 5.75 Å². The molecule has 1 aliphatic rings. The molecule has 6 heteroatoms. The summed E-state index contributed by atoms with van der Waals surface area (Å²) in [5.41, 5.74) is 1.49. The molecule has 0 saturated heterocycles. The van der Waals surface area contributed by atoms with Gasteiger partial charge in [0.25, 0.3) is 0 Å². The molecule has 126 valence electrons. The number of rotatable bonds is 3. The average Bonchev–Trinajstić information content (AvgIpc) is 2.90. The van der Waals surface area contributed by atoms with Crippen molar-refractivity contribution in [3.05, 3.63) is 88.6 Å². The lowest BCUT2D eigenvalue weighted by Crippen LogP contribution is -2.16. The molecule has 3 aromatic carbocycles. The Hall–Kier alpha value is -2.10. The van der Waals surface area contributed by atoms with E-state index in [2.05, 4.69) is 21.2 Å². The van der Waals surface area contributed by atoms with Gasteiger partial charge in [0.05, 0.1) is 5.30 Å². The first-order valence-electron chi connectivity index (χ1n) is 7.73. The van der Waals surface area contributed by atoms with Gasteiger partial charge in [-0.1, -0.05) is 34.1 Å². The highest BCUT2D eigenvalue weighted by atomic mass is 79.9. The first-order chi connectivity index (χ1) is 12.1. The highest BCUT2D eigenvalue weighted by molar-refractivity contribution is 9.10. The van der Waals surface area contributed by atoms with Crippen molar-refractivity contribution in [2.45, 2.75) is 5.78 Å². The Morgan fingerprint density at radius 1 is 1.00 bits per heavy atom. The number of hydrogen-bond donors (Lipinski definition) is 1. The summed E-state index contributed by atoms with van der Waals surface area (Å²) >= 11 is 3.46. The Labute approximate surface area is 153 Å². The Morgan fingerprint density at radius 2 is 1.72 bits per heavy atom. The predicted molar refractivity (Wildman–Crippen MR) is 101 cm³/mol. The van der Waals surface area contributed by atoms with E-state index in [4.69, 9.17) is 4.52 Å². The van der Waals surface area contributed by atoms with Gasteiger partial charge in [0.1, 0.15) is 17.3 Å². The summed E-state index contributed by atoms with van der Waals surface area (Å²) in [6, 6.07) is 20.7. The van der Waals surface area contributed by atoms with E-state index >= 15 is 0 Å². The first kappa shape index (κ1) is 16.4. The number of benzene rings is 3. The summed E-state index contributed by atoms with van der Waals surface area (Å²) in [6.07, 6.45) is 0. The topological polar surface area (TPSA) is 38.3 Å². The maximum absolute atomic E-state index is 13.8. The van der Waals surface area contributed by atoms with Crippen LogP contribution in [-0.2, 0) is 4.57 Å². The second kappa shape index (κ2) is 6.32. The molecule has 1 aliphatic heterocycles. The zero-order chi connectivity index (χ0) is 17.4. The van der Waals surface area contributed by atoms with Gasteiger partial charge in [0.15, 0.2) is 0 Å². The van der Waals surface area contributed by atoms with Crippen LogP contribution in [0.2, 0.25) is 0 Å². The van der Waals surface area contributed by atoms with E-state index in [1.165, 1.54) is 12.1 Å². The number of hydrogen-bond acceptors (Lipinski definition) is 3. The molecule has 2 atom stereocenters. The minimum Gasteiger partial charge on any atom is -0.438 e. The fourth-order valence-electron chi connectivity index (χ4n) is 2.90. The zero-order valence-electron chi connectivity index (χ0n) is 13.0. The molecule has 0 fully saturated rings. The second-order valence-corrected chi connectivity index (χ2v) is 9.08. The van der Waals surface area contributed by atoms with Crippen LogP contribution in [0.5, 0.6) is 5.75 Å². The van der Waals surface area contributed by atoms with E-state index in [0.717, 1.165) is 10.0 Å². The van der Waals surface area contributed by atoms with Crippen molar-refractivity contribution >= 4 is 34.3 Å². The summed E-state index contributed by atoms with van der Waals surface area (Å²) in [6.45, 7) is 0. The minimum absolute atomic E-state index is 0.317. The molecule has 0 spiro atoms. The quantitative estimate of drug-likeness (QED) is 0.555. The van der Waals surface area contributed by atoms with Crippen LogP contribution >= 0.6 is 23.3 Å².